The molecule has 3 aliphatic heterocycles. The van der Waals surface area contributed by atoms with Crippen molar-refractivity contribution in [3.05, 3.63) is 106 Å². The van der Waals surface area contributed by atoms with Crippen molar-refractivity contribution in [1.29, 1.82) is 0 Å². The van der Waals surface area contributed by atoms with Crippen LogP contribution in [-0.4, -0.2) is 50.6 Å². The normalized spacial score (nSPS) is 16.5. The van der Waals surface area contributed by atoms with E-state index in [2.05, 4.69) is 0 Å². The van der Waals surface area contributed by atoms with Gasteiger partial charge in [0.05, 0.1) is 33.4 Å². The number of amides is 6. The van der Waals surface area contributed by atoms with Gasteiger partial charge in [0.15, 0.2) is 0 Å². The fraction of sp³-hybridized carbons (Fsp3) is 0. The van der Waals surface area contributed by atoms with Crippen LogP contribution >= 0.6 is 7.82 Å². The van der Waals surface area contributed by atoms with Gasteiger partial charge in [0.25, 0.3) is 35.4 Å². The van der Waals surface area contributed by atoms with Crippen molar-refractivity contribution in [2.75, 3.05) is 0 Å². The van der Waals surface area contributed by atoms with Gasteiger partial charge in [0.2, 0.25) is 0 Å². The maximum Gasteiger partial charge on any atom is 0.541 e. The van der Waals surface area contributed by atoms with Crippen LogP contribution in [0.4, 0.5) is 0 Å². The number of rotatable bonds is 6. The van der Waals surface area contributed by atoms with E-state index in [-0.39, 0.29) is 48.6 Å². The summed E-state index contributed by atoms with van der Waals surface area (Å²) in [5.41, 5.74) is -0.636. The zero-order valence-electron chi connectivity index (χ0n) is 18.8. The number of nitrogens with zero attached hydrogens (tertiary/aromatic N) is 3. The molecule has 0 saturated carbocycles. The van der Waals surface area contributed by atoms with Crippen molar-refractivity contribution in [2.24, 2.45) is 0 Å². The molecule has 38 heavy (non-hydrogen) atoms. The fourth-order valence-electron chi connectivity index (χ4n) is 4.07. The standard InChI is InChI=1S/C24H12N3O10P/c28-19-13-7-1-2-8-14(13)20(29)25(19)35-38(34,36-26-21(30)15-9-3-4-10-16(15)22(26)31)37-27-23(32)17-11-5-6-12-18(17)24(27)33/h1-12H. The first-order valence-corrected chi connectivity index (χ1v) is 12.3. The van der Waals surface area contributed by atoms with Gasteiger partial charge in [0, 0.05) is 0 Å². The van der Waals surface area contributed by atoms with E-state index in [1.165, 1.54) is 72.8 Å². The topological polar surface area (TPSA) is 157 Å². The highest BCUT2D eigenvalue weighted by Gasteiger charge is 2.52. The molecular formula is C24H12N3O10P. The van der Waals surface area contributed by atoms with Crippen LogP contribution in [0.15, 0.2) is 72.8 Å². The van der Waals surface area contributed by atoms with Gasteiger partial charge in [-0.1, -0.05) is 36.4 Å². The summed E-state index contributed by atoms with van der Waals surface area (Å²) in [5, 5.41) is 0.130. The number of carbonyl (C=O) groups excluding carboxylic acids is 6. The van der Waals surface area contributed by atoms with Crippen LogP contribution < -0.4 is 0 Å². The van der Waals surface area contributed by atoms with Gasteiger partial charge in [-0.3, -0.25) is 28.8 Å². The van der Waals surface area contributed by atoms with Gasteiger partial charge in [-0.2, -0.15) is 13.9 Å². The first-order chi connectivity index (χ1) is 18.2. The van der Waals surface area contributed by atoms with Crippen LogP contribution in [0.2, 0.25) is 0 Å². The van der Waals surface area contributed by atoms with Crippen molar-refractivity contribution < 1.29 is 47.2 Å². The Balaban J connectivity index is 1.36. The minimum absolute atomic E-state index is 0.0434. The minimum Gasteiger partial charge on any atom is -0.266 e. The van der Waals surface area contributed by atoms with E-state index in [9.17, 15) is 33.3 Å². The summed E-state index contributed by atoms with van der Waals surface area (Å²) in [6.45, 7) is 0. The summed E-state index contributed by atoms with van der Waals surface area (Å²) < 4.78 is 29.1. The van der Waals surface area contributed by atoms with Gasteiger partial charge < -0.3 is 0 Å². The molecule has 0 radical (unpaired) electrons. The third kappa shape index (κ3) is 3.42. The summed E-state index contributed by atoms with van der Waals surface area (Å²) in [6.07, 6.45) is 0. The third-order valence-corrected chi connectivity index (χ3v) is 6.91. The number of imide groups is 3. The average Bonchev–Trinajstić information content (AvgIpc) is 3.42. The Morgan fingerprint density at radius 2 is 0.579 bits per heavy atom. The van der Waals surface area contributed by atoms with Gasteiger partial charge in [-0.25, -0.2) is 4.57 Å². The maximum absolute atomic E-state index is 13.9. The van der Waals surface area contributed by atoms with Gasteiger partial charge in [0.1, 0.15) is 0 Å². The number of fused-ring (bicyclic) bond motifs is 3. The first kappa shape index (κ1) is 23.6. The second-order valence-electron chi connectivity index (χ2n) is 8.04. The number of benzene rings is 3. The summed E-state index contributed by atoms with van der Waals surface area (Å²) in [7, 11) is -5.52. The lowest BCUT2D eigenvalue weighted by molar-refractivity contribution is -0.114. The molecule has 3 aromatic carbocycles. The maximum atomic E-state index is 13.9. The fourth-order valence-corrected chi connectivity index (χ4v) is 5.20. The van der Waals surface area contributed by atoms with Crippen LogP contribution in [0.3, 0.4) is 0 Å². The molecule has 6 rings (SSSR count). The predicted octanol–water partition coefficient (Wildman–Crippen LogP) is 2.78. The highest BCUT2D eigenvalue weighted by atomic mass is 31.2. The number of hydrogen-bond acceptors (Lipinski definition) is 10. The van der Waals surface area contributed by atoms with E-state index >= 15 is 0 Å². The van der Waals surface area contributed by atoms with Crippen molar-refractivity contribution in [1.82, 2.24) is 15.2 Å². The smallest absolute Gasteiger partial charge is 0.266 e. The Morgan fingerprint density at radius 1 is 0.395 bits per heavy atom. The molecule has 188 valence electrons. The van der Waals surface area contributed by atoms with Gasteiger partial charge >= 0.3 is 7.82 Å². The molecule has 0 aromatic heterocycles. The van der Waals surface area contributed by atoms with Crippen LogP contribution in [-0.2, 0) is 18.4 Å². The molecule has 0 atom stereocenters. The Morgan fingerprint density at radius 3 is 0.763 bits per heavy atom. The molecule has 0 N–H and O–H groups in total. The van der Waals surface area contributed by atoms with E-state index in [0.29, 0.717) is 0 Å². The number of hydroxylamine groups is 6. The summed E-state index contributed by atoms with van der Waals surface area (Å²) in [5.74, 6) is -6.40. The number of phosphoric acid groups is 1. The molecule has 0 saturated heterocycles. The van der Waals surface area contributed by atoms with Crippen molar-refractivity contribution >= 4 is 43.3 Å². The largest absolute Gasteiger partial charge is 0.541 e. The lowest BCUT2D eigenvalue weighted by Gasteiger charge is -2.25. The zero-order valence-corrected chi connectivity index (χ0v) is 19.7. The monoisotopic (exact) mass is 533 g/mol. The molecule has 0 unspecified atom stereocenters. The Bertz CT molecular complexity index is 1390. The first-order valence-electron chi connectivity index (χ1n) is 10.8. The molecule has 0 bridgehead atoms. The molecule has 3 aromatic rings. The molecule has 0 aliphatic carbocycles. The lowest BCUT2D eigenvalue weighted by atomic mass is 10.1. The highest BCUT2D eigenvalue weighted by molar-refractivity contribution is 7.48. The van der Waals surface area contributed by atoms with Crippen LogP contribution in [0.25, 0.3) is 0 Å². The molecule has 3 aliphatic rings. The molecular weight excluding hydrogens is 521 g/mol. The molecule has 0 spiro atoms. The summed E-state index contributed by atoms with van der Waals surface area (Å²) >= 11 is 0. The Labute approximate surface area is 212 Å². The minimum atomic E-state index is -5.52. The summed E-state index contributed by atoms with van der Waals surface area (Å²) in [4.78, 5) is 77.0. The number of hydrogen-bond donors (Lipinski definition) is 0. The number of carbonyl (C=O) groups is 6. The van der Waals surface area contributed by atoms with Crippen LogP contribution in [0, 0.1) is 0 Å². The summed E-state index contributed by atoms with van der Waals surface area (Å²) in [6, 6.07) is 16.7. The predicted molar refractivity (Wildman–Crippen MR) is 122 cm³/mol. The average molecular weight is 533 g/mol. The van der Waals surface area contributed by atoms with Crippen molar-refractivity contribution in [3.63, 3.8) is 0 Å². The van der Waals surface area contributed by atoms with E-state index in [1.54, 1.807) is 0 Å². The van der Waals surface area contributed by atoms with E-state index < -0.39 is 43.3 Å². The SMILES string of the molecule is O=C1c2ccccc2C(=O)N1OP(=O)(ON1C(=O)c2ccccc2C1=O)ON1C(=O)c2ccccc2C1=O. The molecule has 3 heterocycles. The Hall–Kier alpha value is -4.81. The quantitative estimate of drug-likeness (QED) is 0.341. The molecule has 0 fully saturated rings. The van der Waals surface area contributed by atoms with Gasteiger partial charge in [-0.15, -0.1) is 15.2 Å². The van der Waals surface area contributed by atoms with Crippen molar-refractivity contribution in [3.8, 4) is 0 Å². The van der Waals surface area contributed by atoms with Gasteiger partial charge in [-0.05, 0) is 36.4 Å². The third-order valence-electron chi connectivity index (χ3n) is 5.82. The van der Waals surface area contributed by atoms with Crippen LogP contribution in [0.1, 0.15) is 62.1 Å². The second kappa shape index (κ2) is 8.36. The molecule has 13 nitrogen and oxygen atoms in total. The van der Waals surface area contributed by atoms with E-state index in [4.69, 9.17) is 13.9 Å². The van der Waals surface area contributed by atoms with E-state index in [0.717, 1.165) is 0 Å². The second-order valence-corrected chi connectivity index (χ2v) is 9.43. The van der Waals surface area contributed by atoms with Crippen molar-refractivity contribution in [2.45, 2.75) is 0 Å². The van der Waals surface area contributed by atoms with E-state index in [1.807, 2.05) is 0 Å². The molecule has 6 amide bonds. The lowest BCUT2D eigenvalue weighted by Crippen LogP contribution is -2.37. The zero-order chi connectivity index (χ0) is 26.8. The Kier molecular flexibility index (Phi) is 5.19. The highest BCUT2D eigenvalue weighted by Crippen LogP contribution is 2.55. The van der Waals surface area contributed by atoms with Crippen LogP contribution in [0.5, 0.6) is 0 Å². The molecule has 14 heteroatoms.